The summed E-state index contributed by atoms with van der Waals surface area (Å²) in [5.74, 6) is -0.496. The van der Waals surface area contributed by atoms with Crippen LogP contribution in [0.25, 0.3) is 16.7 Å². The Morgan fingerprint density at radius 3 is 2.59 bits per heavy atom. The molecule has 0 aliphatic heterocycles. The van der Waals surface area contributed by atoms with Crippen molar-refractivity contribution >= 4 is 16.9 Å². The van der Waals surface area contributed by atoms with E-state index in [0.29, 0.717) is 16.7 Å². The van der Waals surface area contributed by atoms with Gasteiger partial charge in [0, 0.05) is 18.7 Å². The molecule has 32 heavy (non-hydrogen) atoms. The Kier molecular flexibility index (Phi) is 5.90. The van der Waals surface area contributed by atoms with Crippen LogP contribution in [0.15, 0.2) is 65.7 Å². The van der Waals surface area contributed by atoms with Gasteiger partial charge in [0.25, 0.3) is 5.56 Å². The third-order valence-electron chi connectivity index (χ3n) is 5.81. The summed E-state index contributed by atoms with van der Waals surface area (Å²) in [5, 5.41) is 3.44. The van der Waals surface area contributed by atoms with Gasteiger partial charge in [0.05, 0.1) is 23.4 Å². The zero-order valence-corrected chi connectivity index (χ0v) is 18.3. The van der Waals surface area contributed by atoms with Crippen LogP contribution in [0, 0.1) is 19.7 Å². The molecule has 6 nitrogen and oxygen atoms in total. The van der Waals surface area contributed by atoms with Crippen LogP contribution in [-0.4, -0.2) is 20.0 Å². The molecule has 164 valence electrons. The van der Waals surface area contributed by atoms with Gasteiger partial charge in [-0.25, -0.2) is 9.37 Å². The van der Waals surface area contributed by atoms with Crippen molar-refractivity contribution < 1.29 is 9.18 Å². The van der Waals surface area contributed by atoms with Crippen molar-refractivity contribution in [2.24, 2.45) is 0 Å². The minimum absolute atomic E-state index is 0.119. The maximum atomic E-state index is 13.8. The van der Waals surface area contributed by atoms with E-state index in [1.54, 1.807) is 16.7 Å². The molecule has 2 aromatic heterocycles. The summed E-state index contributed by atoms with van der Waals surface area (Å²) in [5.41, 5.74) is 3.51. The summed E-state index contributed by atoms with van der Waals surface area (Å²) >= 11 is 0. The van der Waals surface area contributed by atoms with Crippen molar-refractivity contribution in [2.45, 2.75) is 39.8 Å². The number of halogens is 1. The number of aryl methyl sites for hydroxylation is 2. The quantitative estimate of drug-likeness (QED) is 0.496. The molecule has 0 spiro atoms. The molecule has 1 atom stereocenters. The first-order valence-corrected chi connectivity index (χ1v) is 10.5. The summed E-state index contributed by atoms with van der Waals surface area (Å²) in [7, 11) is 0. The van der Waals surface area contributed by atoms with Gasteiger partial charge in [0.15, 0.2) is 5.65 Å². The Bertz CT molecular complexity index is 1340. The molecule has 4 aromatic rings. The summed E-state index contributed by atoms with van der Waals surface area (Å²) in [6.07, 6.45) is 1.61. The smallest absolute Gasteiger partial charge is 0.263 e. The van der Waals surface area contributed by atoms with E-state index in [4.69, 9.17) is 0 Å². The van der Waals surface area contributed by atoms with Gasteiger partial charge < -0.3 is 5.32 Å². The molecule has 4 rings (SSSR count). The maximum absolute atomic E-state index is 13.8. The van der Waals surface area contributed by atoms with E-state index in [2.05, 4.69) is 10.3 Å². The van der Waals surface area contributed by atoms with E-state index in [9.17, 15) is 14.0 Å². The van der Waals surface area contributed by atoms with Gasteiger partial charge >= 0.3 is 0 Å². The standard InChI is InChI=1S/C25H25FN4O2/c1-16-18(3)30(21-11-7-10-20(26)14-21)24-23(16)25(32)29(15-27-24)13-12-22(31)28-17(2)19-8-5-4-6-9-19/h4-11,14-15,17H,12-13H2,1-3H3,(H,28,31). The molecule has 0 saturated heterocycles. The van der Waals surface area contributed by atoms with Gasteiger partial charge in [-0.1, -0.05) is 36.4 Å². The first-order chi connectivity index (χ1) is 15.4. The van der Waals surface area contributed by atoms with Gasteiger partial charge in [0.2, 0.25) is 5.91 Å². The van der Waals surface area contributed by atoms with Crippen molar-refractivity contribution in [2.75, 3.05) is 0 Å². The van der Waals surface area contributed by atoms with E-state index in [1.165, 1.54) is 23.0 Å². The predicted molar refractivity (Wildman–Crippen MR) is 122 cm³/mol. The van der Waals surface area contributed by atoms with Crippen LogP contribution in [-0.2, 0) is 11.3 Å². The molecule has 1 amide bonds. The minimum Gasteiger partial charge on any atom is -0.350 e. The highest BCUT2D eigenvalue weighted by Gasteiger charge is 2.18. The summed E-state index contributed by atoms with van der Waals surface area (Å²) in [6, 6.07) is 15.8. The van der Waals surface area contributed by atoms with Crippen LogP contribution >= 0.6 is 0 Å². The SMILES string of the molecule is Cc1c(C)n(-c2cccc(F)c2)c2ncn(CCC(=O)NC(C)c3ccccc3)c(=O)c12. The zero-order chi connectivity index (χ0) is 22.8. The molecule has 1 unspecified atom stereocenters. The predicted octanol–water partition coefficient (Wildman–Crippen LogP) is 4.21. The number of nitrogens with zero attached hydrogens (tertiary/aromatic N) is 3. The van der Waals surface area contributed by atoms with E-state index in [0.717, 1.165) is 16.8 Å². The normalized spacial score (nSPS) is 12.1. The number of hydrogen-bond acceptors (Lipinski definition) is 3. The van der Waals surface area contributed by atoms with Crippen molar-refractivity contribution in [3.63, 3.8) is 0 Å². The number of fused-ring (bicyclic) bond motifs is 1. The molecular weight excluding hydrogens is 407 g/mol. The van der Waals surface area contributed by atoms with Gasteiger partial charge in [-0.05, 0) is 50.1 Å². The lowest BCUT2D eigenvalue weighted by Crippen LogP contribution is -2.29. The highest BCUT2D eigenvalue weighted by Crippen LogP contribution is 2.25. The number of carbonyl (C=O) groups is 1. The van der Waals surface area contributed by atoms with Crippen LogP contribution in [0.3, 0.4) is 0 Å². The minimum atomic E-state index is -0.356. The summed E-state index contributed by atoms with van der Waals surface area (Å²) in [4.78, 5) is 30.1. The van der Waals surface area contributed by atoms with E-state index in [1.807, 2.05) is 51.1 Å². The third kappa shape index (κ3) is 4.06. The van der Waals surface area contributed by atoms with Crippen molar-refractivity contribution in [3.8, 4) is 5.69 Å². The molecule has 0 saturated carbocycles. The number of carbonyl (C=O) groups excluding carboxylic acids is 1. The molecule has 2 heterocycles. The Morgan fingerprint density at radius 1 is 1.12 bits per heavy atom. The van der Waals surface area contributed by atoms with Crippen LogP contribution in [0.5, 0.6) is 0 Å². The molecule has 0 radical (unpaired) electrons. The molecule has 7 heteroatoms. The van der Waals surface area contributed by atoms with Crippen LogP contribution in [0.2, 0.25) is 0 Å². The van der Waals surface area contributed by atoms with Gasteiger partial charge in [-0.3, -0.25) is 18.7 Å². The Balaban J connectivity index is 1.57. The third-order valence-corrected chi connectivity index (χ3v) is 5.81. The highest BCUT2D eigenvalue weighted by molar-refractivity contribution is 5.83. The molecule has 1 N–H and O–H groups in total. The average molecular weight is 432 g/mol. The van der Waals surface area contributed by atoms with Gasteiger partial charge in [-0.15, -0.1) is 0 Å². The molecule has 0 bridgehead atoms. The van der Waals surface area contributed by atoms with E-state index in [-0.39, 0.29) is 36.3 Å². The lowest BCUT2D eigenvalue weighted by molar-refractivity contribution is -0.121. The summed E-state index contributed by atoms with van der Waals surface area (Å²) < 4.78 is 17.0. The van der Waals surface area contributed by atoms with E-state index >= 15 is 0 Å². The number of benzene rings is 2. The monoisotopic (exact) mass is 432 g/mol. The van der Waals surface area contributed by atoms with Gasteiger partial charge in [0.1, 0.15) is 5.82 Å². The van der Waals surface area contributed by atoms with Crippen molar-refractivity contribution in [3.05, 3.63) is 93.9 Å². The van der Waals surface area contributed by atoms with Crippen LogP contribution in [0.1, 0.15) is 36.2 Å². The van der Waals surface area contributed by atoms with Crippen LogP contribution in [0.4, 0.5) is 4.39 Å². The number of amides is 1. The number of nitrogens with one attached hydrogen (secondary N) is 1. The average Bonchev–Trinajstić information content (AvgIpc) is 3.04. The highest BCUT2D eigenvalue weighted by atomic mass is 19.1. The second-order valence-electron chi connectivity index (χ2n) is 7.92. The van der Waals surface area contributed by atoms with Crippen molar-refractivity contribution in [1.29, 1.82) is 0 Å². The lowest BCUT2D eigenvalue weighted by Gasteiger charge is -2.14. The first-order valence-electron chi connectivity index (χ1n) is 10.5. The Morgan fingerprint density at radius 2 is 1.88 bits per heavy atom. The number of aromatic nitrogens is 3. The fourth-order valence-corrected chi connectivity index (χ4v) is 3.94. The molecule has 0 aliphatic carbocycles. The summed E-state index contributed by atoms with van der Waals surface area (Å²) in [6.45, 7) is 5.88. The fourth-order valence-electron chi connectivity index (χ4n) is 3.94. The zero-order valence-electron chi connectivity index (χ0n) is 18.3. The second-order valence-corrected chi connectivity index (χ2v) is 7.92. The molecule has 0 aliphatic rings. The molecule has 0 fully saturated rings. The number of rotatable bonds is 6. The second kappa shape index (κ2) is 8.78. The topological polar surface area (TPSA) is 68.9 Å². The maximum Gasteiger partial charge on any atom is 0.263 e. The van der Waals surface area contributed by atoms with Gasteiger partial charge in [-0.2, -0.15) is 0 Å². The van der Waals surface area contributed by atoms with Crippen LogP contribution < -0.4 is 10.9 Å². The Hall–Kier alpha value is -3.74. The Labute approximate surface area is 185 Å². The lowest BCUT2D eigenvalue weighted by atomic mass is 10.1. The fraction of sp³-hybridized carbons (Fsp3) is 0.240. The van der Waals surface area contributed by atoms with E-state index < -0.39 is 0 Å². The molecule has 2 aromatic carbocycles. The first kappa shape index (κ1) is 21.5. The largest absolute Gasteiger partial charge is 0.350 e. The molecular formula is C25H25FN4O2. The number of hydrogen-bond donors (Lipinski definition) is 1. The van der Waals surface area contributed by atoms with Crippen molar-refractivity contribution in [1.82, 2.24) is 19.4 Å².